The van der Waals surface area contributed by atoms with Gasteiger partial charge in [-0.15, -0.1) is 0 Å². The van der Waals surface area contributed by atoms with E-state index in [0.29, 0.717) is 5.92 Å². The Morgan fingerprint density at radius 1 is 1.33 bits per heavy atom. The summed E-state index contributed by atoms with van der Waals surface area (Å²) >= 11 is 0. The van der Waals surface area contributed by atoms with Crippen molar-refractivity contribution in [1.82, 2.24) is 10.2 Å². The number of rotatable bonds is 6. The first-order chi connectivity index (χ1) is 9.92. The van der Waals surface area contributed by atoms with Crippen molar-refractivity contribution in [2.24, 2.45) is 23.7 Å². The van der Waals surface area contributed by atoms with E-state index in [2.05, 4.69) is 5.32 Å². The molecule has 120 valence electrons. The van der Waals surface area contributed by atoms with Crippen LogP contribution in [0.5, 0.6) is 0 Å². The Labute approximate surface area is 127 Å². The van der Waals surface area contributed by atoms with Crippen molar-refractivity contribution >= 4 is 12.0 Å². The zero-order valence-electron chi connectivity index (χ0n) is 13.3. The molecule has 0 aromatic heterocycles. The molecule has 5 heteroatoms. The zero-order valence-corrected chi connectivity index (χ0v) is 13.3. The van der Waals surface area contributed by atoms with E-state index in [1.165, 1.54) is 25.7 Å². The van der Waals surface area contributed by atoms with Gasteiger partial charge in [0.2, 0.25) is 0 Å². The molecule has 0 radical (unpaired) electrons. The Hall–Kier alpha value is -1.26. The minimum Gasteiger partial charge on any atom is -0.480 e. The summed E-state index contributed by atoms with van der Waals surface area (Å²) in [7, 11) is 1.77. The predicted octanol–water partition coefficient (Wildman–Crippen LogP) is 2.56. The molecule has 2 rings (SSSR count). The van der Waals surface area contributed by atoms with Gasteiger partial charge >= 0.3 is 12.0 Å². The van der Waals surface area contributed by atoms with Crippen LogP contribution in [0, 0.1) is 23.7 Å². The molecule has 2 amide bonds. The predicted molar refractivity (Wildman–Crippen MR) is 81.0 cm³/mol. The van der Waals surface area contributed by atoms with Crippen molar-refractivity contribution in [3.63, 3.8) is 0 Å². The summed E-state index contributed by atoms with van der Waals surface area (Å²) in [6, 6.07) is -1.06. The number of urea groups is 1. The van der Waals surface area contributed by atoms with Gasteiger partial charge in [-0.3, -0.25) is 0 Å². The SMILES string of the molecule is CC[C@H](C)[C@H](NC(=O)N(C)CC1CC2CCC1C2)C(=O)O. The topological polar surface area (TPSA) is 69.6 Å². The van der Waals surface area contributed by atoms with E-state index in [1.807, 2.05) is 13.8 Å². The maximum Gasteiger partial charge on any atom is 0.326 e. The Balaban J connectivity index is 1.85. The van der Waals surface area contributed by atoms with E-state index in [4.69, 9.17) is 0 Å². The second-order valence-electron chi connectivity index (χ2n) is 6.97. The number of hydrogen-bond donors (Lipinski definition) is 2. The van der Waals surface area contributed by atoms with Gasteiger partial charge in [-0.1, -0.05) is 26.7 Å². The standard InChI is InChI=1S/C16H28N2O3/c1-4-10(2)14(15(19)20)17-16(21)18(3)9-13-8-11-5-6-12(13)7-11/h10-14H,4-9H2,1-3H3,(H,17,21)(H,19,20)/t10-,11?,12?,13?,14-/m0/s1. The number of aliphatic carboxylic acids is 1. The third kappa shape index (κ3) is 3.69. The molecule has 2 saturated carbocycles. The van der Waals surface area contributed by atoms with E-state index < -0.39 is 12.0 Å². The summed E-state index contributed by atoms with van der Waals surface area (Å²) in [4.78, 5) is 25.2. The molecule has 2 bridgehead atoms. The highest BCUT2D eigenvalue weighted by Gasteiger charge is 2.40. The molecular formula is C16H28N2O3. The molecule has 2 fully saturated rings. The van der Waals surface area contributed by atoms with E-state index >= 15 is 0 Å². The molecule has 0 spiro atoms. The molecule has 0 aromatic rings. The van der Waals surface area contributed by atoms with Crippen LogP contribution in [0.4, 0.5) is 4.79 Å². The first kappa shape index (κ1) is 16.1. The number of nitrogens with zero attached hydrogens (tertiary/aromatic N) is 1. The summed E-state index contributed by atoms with van der Waals surface area (Å²) < 4.78 is 0. The van der Waals surface area contributed by atoms with Crippen LogP contribution in [0.15, 0.2) is 0 Å². The van der Waals surface area contributed by atoms with Crippen LogP contribution in [-0.4, -0.2) is 41.6 Å². The summed E-state index contributed by atoms with van der Waals surface area (Å²) in [5.41, 5.74) is 0. The molecule has 0 aliphatic heterocycles. The number of carboxylic acid groups (broad SMARTS) is 1. The Bertz CT molecular complexity index is 399. The van der Waals surface area contributed by atoms with Crippen LogP contribution < -0.4 is 5.32 Å². The monoisotopic (exact) mass is 296 g/mol. The highest BCUT2D eigenvalue weighted by molar-refractivity contribution is 5.82. The fourth-order valence-corrected chi connectivity index (χ4v) is 3.96. The van der Waals surface area contributed by atoms with Gasteiger partial charge < -0.3 is 15.3 Å². The average Bonchev–Trinajstić information content (AvgIpc) is 3.05. The lowest BCUT2D eigenvalue weighted by Crippen LogP contribution is -2.50. The smallest absolute Gasteiger partial charge is 0.326 e. The van der Waals surface area contributed by atoms with Crippen molar-refractivity contribution in [3.05, 3.63) is 0 Å². The zero-order chi connectivity index (χ0) is 15.6. The lowest BCUT2D eigenvalue weighted by atomic mass is 9.88. The maximum absolute atomic E-state index is 12.2. The van der Waals surface area contributed by atoms with Gasteiger partial charge in [-0.25, -0.2) is 9.59 Å². The number of amides is 2. The number of hydrogen-bond acceptors (Lipinski definition) is 2. The highest BCUT2D eigenvalue weighted by Crippen LogP contribution is 2.48. The van der Waals surface area contributed by atoms with Crippen LogP contribution >= 0.6 is 0 Å². The first-order valence-electron chi connectivity index (χ1n) is 8.16. The molecule has 0 aromatic carbocycles. The van der Waals surface area contributed by atoms with Gasteiger partial charge in [0, 0.05) is 13.6 Å². The van der Waals surface area contributed by atoms with Crippen LogP contribution in [0.3, 0.4) is 0 Å². The van der Waals surface area contributed by atoms with Crippen molar-refractivity contribution < 1.29 is 14.7 Å². The minimum absolute atomic E-state index is 0.0673. The summed E-state index contributed by atoms with van der Waals surface area (Å²) in [6.45, 7) is 4.54. The molecule has 21 heavy (non-hydrogen) atoms. The Morgan fingerprint density at radius 3 is 2.52 bits per heavy atom. The molecule has 2 aliphatic carbocycles. The van der Waals surface area contributed by atoms with Crippen molar-refractivity contribution in [2.75, 3.05) is 13.6 Å². The number of fused-ring (bicyclic) bond motifs is 2. The number of nitrogens with one attached hydrogen (secondary N) is 1. The lowest BCUT2D eigenvalue weighted by molar-refractivity contribution is -0.140. The van der Waals surface area contributed by atoms with Crippen LogP contribution in [-0.2, 0) is 4.79 Å². The van der Waals surface area contributed by atoms with E-state index in [9.17, 15) is 14.7 Å². The number of carbonyl (C=O) groups is 2. The van der Waals surface area contributed by atoms with Gasteiger partial charge in [0.25, 0.3) is 0 Å². The summed E-state index contributed by atoms with van der Waals surface area (Å²) in [5.74, 6) is 1.22. The van der Waals surface area contributed by atoms with Crippen molar-refractivity contribution in [2.45, 2.75) is 52.0 Å². The molecule has 2 aliphatic rings. The fraction of sp³-hybridized carbons (Fsp3) is 0.875. The fourth-order valence-electron chi connectivity index (χ4n) is 3.96. The van der Waals surface area contributed by atoms with Crippen LogP contribution in [0.25, 0.3) is 0 Å². The Morgan fingerprint density at radius 2 is 2.05 bits per heavy atom. The van der Waals surface area contributed by atoms with Crippen molar-refractivity contribution in [3.8, 4) is 0 Å². The summed E-state index contributed by atoms with van der Waals surface area (Å²) in [5, 5.41) is 11.9. The quantitative estimate of drug-likeness (QED) is 0.791. The van der Waals surface area contributed by atoms with E-state index in [-0.39, 0.29) is 11.9 Å². The molecule has 5 atom stereocenters. The van der Waals surface area contributed by atoms with Crippen LogP contribution in [0.2, 0.25) is 0 Å². The highest BCUT2D eigenvalue weighted by atomic mass is 16.4. The van der Waals surface area contributed by atoms with Crippen LogP contribution in [0.1, 0.15) is 46.0 Å². The molecule has 5 nitrogen and oxygen atoms in total. The van der Waals surface area contributed by atoms with E-state index in [0.717, 1.165) is 24.8 Å². The normalized spacial score (nSPS) is 30.0. The first-order valence-corrected chi connectivity index (χ1v) is 8.16. The average molecular weight is 296 g/mol. The third-order valence-electron chi connectivity index (χ3n) is 5.50. The van der Waals surface area contributed by atoms with Crippen molar-refractivity contribution in [1.29, 1.82) is 0 Å². The second-order valence-corrected chi connectivity index (χ2v) is 6.97. The van der Waals surface area contributed by atoms with Gasteiger partial charge in [-0.2, -0.15) is 0 Å². The van der Waals surface area contributed by atoms with Gasteiger partial charge in [0.15, 0.2) is 0 Å². The lowest BCUT2D eigenvalue weighted by Gasteiger charge is -2.29. The molecule has 3 unspecified atom stereocenters. The van der Waals surface area contributed by atoms with Gasteiger partial charge in [0.1, 0.15) is 6.04 Å². The van der Waals surface area contributed by atoms with Gasteiger partial charge in [-0.05, 0) is 42.9 Å². The second kappa shape index (κ2) is 6.67. The number of carboxylic acids is 1. The van der Waals surface area contributed by atoms with E-state index in [1.54, 1.807) is 11.9 Å². The molecular weight excluding hydrogens is 268 g/mol. The largest absolute Gasteiger partial charge is 0.480 e. The molecule has 2 N–H and O–H groups in total. The maximum atomic E-state index is 12.2. The minimum atomic E-state index is -0.953. The Kier molecular flexibility index (Phi) is 5.12. The molecule has 0 heterocycles. The summed E-state index contributed by atoms with van der Waals surface area (Å²) in [6.07, 6.45) is 5.94. The third-order valence-corrected chi connectivity index (χ3v) is 5.50. The van der Waals surface area contributed by atoms with Gasteiger partial charge in [0.05, 0.1) is 0 Å². The molecule has 0 saturated heterocycles. The number of carbonyl (C=O) groups excluding carboxylic acids is 1.